The van der Waals surface area contributed by atoms with E-state index in [9.17, 15) is 9.90 Å². The molecule has 3 aromatic carbocycles. The Balaban J connectivity index is 1.28. The Kier molecular flexibility index (Phi) is 6.72. The summed E-state index contributed by atoms with van der Waals surface area (Å²) in [5, 5.41) is 14.6. The Hall–Kier alpha value is -3.37. The van der Waals surface area contributed by atoms with Crippen LogP contribution >= 0.6 is 11.6 Å². The first-order chi connectivity index (χ1) is 17.4. The van der Waals surface area contributed by atoms with Crippen LogP contribution in [0.15, 0.2) is 77.3 Å². The molecule has 1 saturated carbocycles. The van der Waals surface area contributed by atoms with Gasteiger partial charge in [-0.25, -0.2) is 0 Å². The molecule has 0 saturated heterocycles. The summed E-state index contributed by atoms with van der Waals surface area (Å²) in [6.07, 6.45) is 4.30. The van der Waals surface area contributed by atoms with Crippen molar-refractivity contribution in [2.24, 2.45) is 5.92 Å². The largest absolute Gasteiger partial charge is 0.481 e. The van der Waals surface area contributed by atoms with Gasteiger partial charge in [-0.15, -0.1) is 0 Å². The van der Waals surface area contributed by atoms with Crippen LogP contribution in [0.4, 0.5) is 0 Å². The first kappa shape index (κ1) is 24.3. The fourth-order valence-electron chi connectivity index (χ4n) is 4.96. The fraction of sp³-hybridized carbons (Fsp3) is 0.290. The summed E-state index contributed by atoms with van der Waals surface area (Å²) in [6, 6.07) is 24.3. The molecule has 1 aliphatic carbocycles. The van der Waals surface area contributed by atoms with Crippen LogP contribution in [0.5, 0.6) is 0 Å². The maximum Gasteiger partial charge on any atom is 0.314 e. The number of carbonyl (C=O) groups is 1. The van der Waals surface area contributed by atoms with Gasteiger partial charge < -0.3 is 9.63 Å². The lowest BCUT2D eigenvalue weighted by atomic mass is 9.91. The maximum absolute atomic E-state index is 11.6. The van der Waals surface area contributed by atoms with Gasteiger partial charge in [0.2, 0.25) is 0 Å². The third-order valence-electron chi connectivity index (χ3n) is 7.48. The van der Waals surface area contributed by atoms with Crippen LogP contribution in [-0.2, 0) is 23.1 Å². The summed E-state index contributed by atoms with van der Waals surface area (Å²) < 4.78 is 5.77. The summed E-state index contributed by atoms with van der Waals surface area (Å²) in [6.45, 7) is 4.26. The van der Waals surface area contributed by atoms with Crippen LogP contribution < -0.4 is 0 Å². The number of aromatic nitrogens is 1. The van der Waals surface area contributed by atoms with E-state index in [4.69, 9.17) is 16.1 Å². The third-order valence-corrected chi connectivity index (χ3v) is 7.85. The molecule has 1 aliphatic rings. The topological polar surface area (TPSA) is 63.3 Å². The maximum atomic E-state index is 11.6. The number of aryl methyl sites for hydroxylation is 2. The number of carboxylic acid groups (broad SMARTS) is 1. The molecular formula is C31H30ClNO3. The van der Waals surface area contributed by atoms with Crippen molar-refractivity contribution in [1.29, 1.82) is 0 Å². The van der Waals surface area contributed by atoms with E-state index in [-0.39, 0.29) is 0 Å². The van der Waals surface area contributed by atoms with E-state index < -0.39 is 11.4 Å². The predicted molar refractivity (Wildman–Crippen MR) is 143 cm³/mol. The highest BCUT2D eigenvalue weighted by Gasteiger charge is 2.51. The van der Waals surface area contributed by atoms with E-state index in [1.807, 2.05) is 49.4 Å². The van der Waals surface area contributed by atoms with Crippen molar-refractivity contribution in [3.8, 4) is 22.5 Å². The summed E-state index contributed by atoms with van der Waals surface area (Å²) >= 11 is 6.33. The molecule has 36 heavy (non-hydrogen) atoms. The van der Waals surface area contributed by atoms with E-state index in [0.717, 1.165) is 63.6 Å². The van der Waals surface area contributed by atoms with Gasteiger partial charge in [-0.05, 0) is 73.3 Å². The number of hydrogen-bond acceptors (Lipinski definition) is 3. The molecule has 1 fully saturated rings. The second kappa shape index (κ2) is 9.94. The van der Waals surface area contributed by atoms with Crippen LogP contribution in [0.25, 0.3) is 22.5 Å². The zero-order chi connectivity index (χ0) is 25.3. The highest BCUT2D eigenvalue weighted by Crippen LogP contribution is 2.48. The molecule has 0 aliphatic heterocycles. The molecule has 1 atom stereocenters. The Morgan fingerprint density at radius 3 is 2.22 bits per heavy atom. The second-order valence-electron chi connectivity index (χ2n) is 10.1. The molecule has 5 heteroatoms. The van der Waals surface area contributed by atoms with Gasteiger partial charge in [0.05, 0.1) is 11.1 Å². The van der Waals surface area contributed by atoms with Gasteiger partial charge in [-0.1, -0.05) is 90.4 Å². The first-order valence-electron chi connectivity index (χ1n) is 12.5. The van der Waals surface area contributed by atoms with Crippen LogP contribution in [0.1, 0.15) is 48.6 Å². The summed E-state index contributed by atoms with van der Waals surface area (Å²) in [5.74, 6) is 0.559. The molecule has 0 bridgehead atoms. The molecule has 1 unspecified atom stereocenters. The molecule has 184 valence electrons. The molecule has 0 amide bonds. The Morgan fingerprint density at radius 1 is 1.00 bits per heavy atom. The smallest absolute Gasteiger partial charge is 0.314 e. The molecule has 0 radical (unpaired) electrons. The van der Waals surface area contributed by atoms with Crippen molar-refractivity contribution >= 4 is 17.6 Å². The number of halogens is 1. The zero-order valence-corrected chi connectivity index (χ0v) is 21.4. The predicted octanol–water partition coefficient (Wildman–Crippen LogP) is 7.90. The fourth-order valence-corrected chi connectivity index (χ4v) is 5.19. The number of carboxylic acids is 1. The Morgan fingerprint density at radius 2 is 1.61 bits per heavy atom. The SMILES string of the molecule is Cc1noc(-c2ccc(-c3ccc(C4(C(=O)O)CC4)cc3)cc2)c1CC(C)CCc1ccccc1Cl. The Bertz CT molecular complexity index is 1370. The summed E-state index contributed by atoms with van der Waals surface area (Å²) in [7, 11) is 0. The van der Waals surface area contributed by atoms with Gasteiger partial charge in [0.25, 0.3) is 0 Å². The van der Waals surface area contributed by atoms with Crippen molar-refractivity contribution < 1.29 is 14.4 Å². The molecule has 1 aromatic heterocycles. The molecule has 1 N–H and O–H groups in total. The number of aliphatic carboxylic acids is 1. The highest BCUT2D eigenvalue weighted by molar-refractivity contribution is 6.31. The van der Waals surface area contributed by atoms with Crippen molar-refractivity contribution in [3.05, 3.63) is 100 Å². The van der Waals surface area contributed by atoms with Crippen LogP contribution in [0.3, 0.4) is 0 Å². The minimum Gasteiger partial charge on any atom is -0.481 e. The lowest BCUT2D eigenvalue weighted by molar-refractivity contribution is -0.140. The van der Waals surface area contributed by atoms with Gasteiger partial charge in [0, 0.05) is 16.1 Å². The van der Waals surface area contributed by atoms with E-state index in [1.54, 1.807) is 0 Å². The average Bonchev–Trinajstić information content (AvgIpc) is 3.63. The summed E-state index contributed by atoms with van der Waals surface area (Å²) in [5.41, 5.74) is 6.64. The number of nitrogens with zero attached hydrogens (tertiary/aromatic N) is 1. The first-order valence-corrected chi connectivity index (χ1v) is 12.9. The van der Waals surface area contributed by atoms with E-state index in [0.29, 0.717) is 18.8 Å². The molecule has 4 nitrogen and oxygen atoms in total. The summed E-state index contributed by atoms with van der Waals surface area (Å²) in [4.78, 5) is 11.6. The van der Waals surface area contributed by atoms with Crippen molar-refractivity contribution in [3.63, 3.8) is 0 Å². The molecule has 0 spiro atoms. The molecule has 5 rings (SSSR count). The van der Waals surface area contributed by atoms with Crippen molar-refractivity contribution in [2.45, 2.75) is 51.4 Å². The highest BCUT2D eigenvalue weighted by atomic mass is 35.5. The molecule has 4 aromatic rings. The minimum atomic E-state index is -0.726. The number of hydrogen-bond donors (Lipinski definition) is 1. The normalized spacial score (nSPS) is 15.0. The van der Waals surface area contributed by atoms with Crippen LogP contribution in [0, 0.1) is 12.8 Å². The Labute approximate surface area is 216 Å². The van der Waals surface area contributed by atoms with Crippen molar-refractivity contribution in [1.82, 2.24) is 5.16 Å². The van der Waals surface area contributed by atoms with E-state index >= 15 is 0 Å². The lowest BCUT2D eigenvalue weighted by Gasteiger charge is -2.13. The molecular weight excluding hydrogens is 470 g/mol. The second-order valence-corrected chi connectivity index (χ2v) is 10.5. The van der Waals surface area contributed by atoms with E-state index in [1.165, 1.54) is 5.56 Å². The third kappa shape index (κ3) is 4.83. The van der Waals surface area contributed by atoms with Gasteiger partial charge in [0.1, 0.15) is 0 Å². The van der Waals surface area contributed by atoms with Crippen molar-refractivity contribution in [2.75, 3.05) is 0 Å². The number of rotatable bonds is 9. The molecule has 1 heterocycles. The van der Waals surface area contributed by atoms with Gasteiger partial charge in [-0.2, -0.15) is 0 Å². The van der Waals surface area contributed by atoms with Crippen LogP contribution in [0.2, 0.25) is 5.02 Å². The van der Waals surface area contributed by atoms with E-state index in [2.05, 4.69) is 42.4 Å². The van der Waals surface area contributed by atoms with Gasteiger partial charge in [-0.3, -0.25) is 4.79 Å². The minimum absolute atomic E-state index is 0.455. The average molecular weight is 500 g/mol. The number of benzene rings is 3. The quantitative estimate of drug-likeness (QED) is 0.254. The van der Waals surface area contributed by atoms with Crippen LogP contribution in [-0.4, -0.2) is 16.2 Å². The zero-order valence-electron chi connectivity index (χ0n) is 20.6. The van der Waals surface area contributed by atoms with Gasteiger partial charge >= 0.3 is 5.97 Å². The monoisotopic (exact) mass is 499 g/mol. The lowest BCUT2D eigenvalue weighted by Crippen LogP contribution is -2.19. The van der Waals surface area contributed by atoms with Gasteiger partial charge in [0.15, 0.2) is 5.76 Å². The standard InChI is InChI=1S/C31H30ClNO3/c1-20(7-8-24-5-3-4-6-28(24)32)19-27-21(2)33-36-29(27)25-11-9-22(10-12-25)23-13-15-26(16-14-23)31(17-18-31)30(34)35/h3-6,9-16,20H,7-8,17-19H2,1-2H3,(H,34,35).